The van der Waals surface area contributed by atoms with Crippen LogP contribution in [-0.4, -0.2) is 43.2 Å². The summed E-state index contributed by atoms with van der Waals surface area (Å²) >= 11 is 0. The van der Waals surface area contributed by atoms with Gasteiger partial charge >= 0.3 is 18.3 Å². The third kappa shape index (κ3) is 6.22. The number of hydrogen-bond acceptors (Lipinski definition) is 6. The van der Waals surface area contributed by atoms with Crippen LogP contribution in [0.2, 0.25) is 0 Å². The van der Waals surface area contributed by atoms with Gasteiger partial charge in [0.15, 0.2) is 11.5 Å². The summed E-state index contributed by atoms with van der Waals surface area (Å²) in [6.45, 7) is 3.54. The van der Waals surface area contributed by atoms with E-state index in [1.165, 1.54) is 16.7 Å². The second-order valence-electron chi connectivity index (χ2n) is 10.4. The molecule has 2 heterocycles. The van der Waals surface area contributed by atoms with Crippen LogP contribution >= 0.6 is 0 Å². The summed E-state index contributed by atoms with van der Waals surface area (Å²) in [4.78, 5) is 24.7. The molecule has 8 nitrogen and oxygen atoms in total. The van der Waals surface area contributed by atoms with Gasteiger partial charge in [-0.15, -0.1) is 0 Å². The van der Waals surface area contributed by atoms with E-state index in [0.29, 0.717) is 5.56 Å². The van der Waals surface area contributed by atoms with Crippen molar-refractivity contribution in [2.24, 2.45) is 5.92 Å². The molecule has 2 aromatic heterocycles. The van der Waals surface area contributed by atoms with Crippen molar-refractivity contribution in [3.8, 4) is 17.1 Å². The molecule has 0 amide bonds. The number of aromatic carboxylic acids is 1. The number of hydrogen-bond donors (Lipinski definition) is 2. The predicted octanol–water partition coefficient (Wildman–Crippen LogP) is 7.28. The average molecular weight is 608 g/mol. The van der Waals surface area contributed by atoms with Crippen molar-refractivity contribution in [2.45, 2.75) is 58.0 Å². The van der Waals surface area contributed by atoms with Crippen LogP contribution in [0.4, 0.5) is 32.2 Å². The Morgan fingerprint density at radius 1 is 1.02 bits per heavy atom. The largest absolute Gasteiger partial charge is 0.493 e. The number of carboxylic acid groups (broad SMARTS) is 1. The van der Waals surface area contributed by atoms with E-state index in [-0.39, 0.29) is 59.2 Å². The molecule has 0 aliphatic heterocycles. The van der Waals surface area contributed by atoms with Gasteiger partial charge in [0.25, 0.3) is 0 Å². The maximum atomic E-state index is 13.8. The minimum atomic E-state index is -4.70. The summed E-state index contributed by atoms with van der Waals surface area (Å²) in [6.07, 6.45) is -6.32. The number of benzene rings is 2. The van der Waals surface area contributed by atoms with Gasteiger partial charge in [0.1, 0.15) is 17.1 Å². The molecule has 1 aliphatic carbocycles. The smallest absolute Gasteiger partial charge is 0.416 e. The maximum absolute atomic E-state index is 13.8. The Hall–Kier alpha value is -4.36. The highest BCUT2D eigenvalue weighted by molar-refractivity contribution is 5.92. The van der Waals surface area contributed by atoms with Crippen LogP contribution in [0.5, 0.6) is 5.75 Å². The van der Waals surface area contributed by atoms with Crippen molar-refractivity contribution in [1.29, 1.82) is 0 Å². The number of alkyl halides is 6. The van der Waals surface area contributed by atoms with Gasteiger partial charge in [-0.25, -0.2) is 19.7 Å². The fourth-order valence-corrected chi connectivity index (χ4v) is 5.01. The third-order valence-electron chi connectivity index (χ3n) is 7.49. The van der Waals surface area contributed by atoms with Gasteiger partial charge in [0.2, 0.25) is 5.82 Å². The number of rotatable bonds is 9. The number of ether oxygens (including phenoxy) is 1. The van der Waals surface area contributed by atoms with Gasteiger partial charge in [-0.05, 0) is 68.5 Å². The minimum Gasteiger partial charge on any atom is -0.493 e. The van der Waals surface area contributed by atoms with E-state index in [0.717, 1.165) is 49.6 Å². The van der Waals surface area contributed by atoms with E-state index in [1.807, 2.05) is 6.92 Å². The summed E-state index contributed by atoms with van der Waals surface area (Å²) in [5.41, 5.74) is -1.46. The summed E-state index contributed by atoms with van der Waals surface area (Å²) in [5, 5.41) is 12.9. The number of carbonyl (C=O) groups is 1. The lowest BCUT2D eigenvalue weighted by Crippen LogP contribution is -2.31. The molecule has 4 aromatic rings. The zero-order valence-electron chi connectivity index (χ0n) is 23.1. The first-order valence-electron chi connectivity index (χ1n) is 13.5. The molecule has 1 saturated carbocycles. The zero-order chi connectivity index (χ0) is 31.1. The summed E-state index contributed by atoms with van der Waals surface area (Å²) in [6, 6.07) is 7.07. The molecule has 0 radical (unpaired) electrons. The van der Waals surface area contributed by atoms with E-state index < -0.39 is 35.3 Å². The minimum absolute atomic E-state index is 0.0550. The van der Waals surface area contributed by atoms with Crippen molar-refractivity contribution in [3.05, 3.63) is 65.0 Å². The van der Waals surface area contributed by atoms with Crippen LogP contribution in [0.3, 0.4) is 0 Å². The summed E-state index contributed by atoms with van der Waals surface area (Å²) in [7, 11) is 0. The molecule has 0 unspecified atom stereocenters. The highest BCUT2D eigenvalue weighted by Crippen LogP contribution is 2.40. The van der Waals surface area contributed by atoms with E-state index in [4.69, 9.17) is 4.74 Å². The number of aromatic nitrogens is 4. The molecule has 1 atom stereocenters. The average Bonchev–Trinajstić information content (AvgIpc) is 3.25. The number of imidazole rings is 1. The number of nitrogens with zero attached hydrogens (tertiary/aromatic N) is 4. The quantitative estimate of drug-likeness (QED) is 0.193. The van der Waals surface area contributed by atoms with Gasteiger partial charge in [0.05, 0.1) is 23.3 Å². The SMILES string of the molecule is CCOc1ccc(C(F)(F)F)cc1-c1nc2nc(C(=O)O)nc(N[C@H](C)C3CCC3)c2n1Cc1ccc(C(F)(F)F)cc1. The fraction of sp³-hybridized carbons (Fsp3) is 0.379. The van der Waals surface area contributed by atoms with Crippen LogP contribution in [0.15, 0.2) is 42.5 Å². The standard InChI is InChI=1S/C29H27F6N5O3/c1-3-43-21-12-11-19(29(33,34)35)13-20(21)26-39-24-22(40(26)14-16-7-9-18(10-8-16)28(30,31)32)23(37-25(38-24)27(41)42)36-15(2)17-5-4-6-17/h7-13,15,17H,3-6,14H2,1-2H3,(H,41,42)(H,36,37,38)/t15-/m1/s1. The number of nitrogens with one attached hydrogen (secondary N) is 1. The topological polar surface area (TPSA) is 102 Å². The lowest BCUT2D eigenvalue weighted by atomic mass is 9.80. The first kappa shape index (κ1) is 30.1. The Morgan fingerprint density at radius 2 is 1.67 bits per heavy atom. The Morgan fingerprint density at radius 3 is 2.23 bits per heavy atom. The maximum Gasteiger partial charge on any atom is 0.416 e. The molecule has 0 bridgehead atoms. The molecule has 2 N–H and O–H groups in total. The third-order valence-corrected chi connectivity index (χ3v) is 7.49. The van der Waals surface area contributed by atoms with E-state index in [9.17, 15) is 36.2 Å². The monoisotopic (exact) mass is 607 g/mol. The Kier molecular flexibility index (Phi) is 7.97. The van der Waals surface area contributed by atoms with Crippen LogP contribution in [-0.2, 0) is 18.9 Å². The second-order valence-corrected chi connectivity index (χ2v) is 10.4. The molecule has 0 saturated heterocycles. The Bertz CT molecular complexity index is 1650. The van der Waals surface area contributed by atoms with Gasteiger partial charge in [0, 0.05) is 12.6 Å². The molecule has 43 heavy (non-hydrogen) atoms. The highest BCUT2D eigenvalue weighted by Gasteiger charge is 2.34. The van der Waals surface area contributed by atoms with Crippen molar-refractivity contribution < 1.29 is 41.0 Å². The van der Waals surface area contributed by atoms with E-state index >= 15 is 0 Å². The van der Waals surface area contributed by atoms with Gasteiger partial charge in [-0.3, -0.25) is 0 Å². The number of carboxylic acids is 1. The van der Waals surface area contributed by atoms with E-state index in [2.05, 4.69) is 20.3 Å². The molecular weight excluding hydrogens is 580 g/mol. The highest BCUT2D eigenvalue weighted by atomic mass is 19.4. The molecule has 1 fully saturated rings. The Labute approximate surface area is 241 Å². The first-order valence-corrected chi connectivity index (χ1v) is 13.5. The lowest BCUT2D eigenvalue weighted by Gasteiger charge is -2.32. The van der Waals surface area contributed by atoms with Crippen molar-refractivity contribution in [2.75, 3.05) is 11.9 Å². The van der Waals surface area contributed by atoms with Crippen LogP contribution < -0.4 is 10.1 Å². The first-order chi connectivity index (χ1) is 20.3. The Balaban J connectivity index is 1.76. The summed E-state index contributed by atoms with van der Waals surface area (Å²) in [5.74, 6) is -1.61. The molecule has 2 aromatic carbocycles. The number of fused-ring (bicyclic) bond motifs is 1. The van der Waals surface area contributed by atoms with Crippen molar-refractivity contribution >= 4 is 23.0 Å². The molecule has 5 rings (SSSR count). The second kappa shape index (κ2) is 11.4. The molecule has 1 aliphatic rings. The molecule has 228 valence electrons. The van der Waals surface area contributed by atoms with Crippen LogP contribution in [0.1, 0.15) is 60.4 Å². The predicted molar refractivity (Wildman–Crippen MR) is 145 cm³/mol. The normalized spacial score (nSPS) is 14.9. The van der Waals surface area contributed by atoms with E-state index in [1.54, 1.807) is 6.92 Å². The van der Waals surface area contributed by atoms with Gasteiger partial charge in [-0.2, -0.15) is 26.3 Å². The number of anilines is 1. The molecule has 14 heteroatoms. The summed E-state index contributed by atoms with van der Waals surface area (Å²) < 4.78 is 88.2. The van der Waals surface area contributed by atoms with Crippen molar-refractivity contribution in [3.63, 3.8) is 0 Å². The van der Waals surface area contributed by atoms with Gasteiger partial charge in [-0.1, -0.05) is 18.6 Å². The lowest BCUT2D eigenvalue weighted by molar-refractivity contribution is -0.138. The number of halogens is 6. The zero-order valence-corrected chi connectivity index (χ0v) is 23.1. The van der Waals surface area contributed by atoms with Crippen molar-refractivity contribution in [1.82, 2.24) is 19.5 Å². The van der Waals surface area contributed by atoms with Crippen LogP contribution in [0.25, 0.3) is 22.6 Å². The molecule has 0 spiro atoms. The molecular formula is C29H27F6N5O3. The van der Waals surface area contributed by atoms with Gasteiger partial charge < -0.3 is 19.7 Å². The van der Waals surface area contributed by atoms with Crippen LogP contribution in [0, 0.1) is 5.92 Å². The fourth-order valence-electron chi connectivity index (χ4n) is 5.01.